The third-order valence-corrected chi connectivity index (χ3v) is 6.55. The Kier molecular flexibility index (Phi) is 5.78. The zero-order valence-electron chi connectivity index (χ0n) is 18.2. The smallest absolute Gasteiger partial charge is 0.245 e. The maximum atomic E-state index is 11.8. The number of fused-ring (bicyclic) bond motifs is 2. The number of methoxy groups -OCH3 is 1. The number of hydrogen-bond donors (Lipinski definition) is 1. The lowest BCUT2D eigenvalue weighted by atomic mass is 10.1. The van der Waals surface area contributed by atoms with Gasteiger partial charge in [0.15, 0.2) is 11.5 Å². The number of rotatable bonds is 6. The fourth-order valence-corrected chi connectivity index (χ4v) is 4.65. The van der Waals surface area contributed by atoms with Crippen LogP contribution in [0, 0.1) is 0 Å². The summed E-state index contributed by atoms with van der Waals surface area (Å²) in [6, 6.07) is 9.82. The SMILES string of the molecule is C=CC(=O)N1CCC(Oc2cc3c(Nc4ccc5scnc5c4)ncnc3cc2OC)CC1. The van der Waals surface area contributed by atoms with Gasteiger partial charge in [-0.25, -0.2) is 15.0 Å². The highest BCUT2D eigenvalue weighted by Gasteiger charge is 2.24. The Hall–Kier alpha value is -3.72. The highest BCUT2D eigenvalue weighted by atomic mass is 32.1. The molecule has 1 N–H and O–H groups in total. The van der Waals surface area contributed by atoms with Crippen LogP contribution in [-0.4, -0.2) is 52.1 Å². The molecule has 0 atom stereocenters. The van der Waals surface area contributed by atoms with E-state index in [0.717, 1.165) is 39.6 Å². The Bertz CT molecular complexity index is 1330. The number of hydrogen-bond acceptors (Lipinski definition) is 8. The molecule has 0 unspecified atom stereocenters. The van der Waals surface area contributed by atoms with E-state index in [1.54, 1.807) is 23.3 Å². The van der Waals surface area contributed by atoms with E-state index < -0.39 is 0 Å². The van der Waals surface area contributed by atoms with Crippen LogP contribution in [0.2, 0.25) is 0 Å². The normalized spacial score (nSPS) is 14.4. The number of likely N-dealkylation sites (tertiary alicyclic amines) is 1. The van der Waals surface area contributed by atoms with Crippen LogP contribution in [0.4, 0.5) is 11.5 Å². The summed E-state index contributed by atoms with van der Waals surface area (Å²) >= 11 is 1.61. The third kappa shape index (κ3) is 4.31. The molecule has 5 rings (SSSR count). The van der Waals surface area contributed by atoms with Crippen LogP contribution in [-0.2, 0) is 4.79 Å². The Balaban J connectivity index is 1.42. The number of aromatic nitrogens is 3. The summed E-state index contributed by atoms with van der Waals surface area (Å²) in [4.78, 5) is 26.9. The molecule has 2 aromatic carbocycles. The summed E-state index contributed by atoms with van der Waals surface area (Å²) in [5.41, 5.74) is 4.42. The summed E-state index contributed by atoms with van der Waals surface area (Å²) in [6.07, 6.45) is 4.35. The van der Waals surface area contributed by atoms with Crippen molar-refractivity contribution in [3.63, 3.8) is 0 Å². The number of ether oxygens (including phenoxy) is 2. The van der Waals surface area contributed by atoms with E-state index in [1.807, 2.05) is 35.8 Å². The minimum absolute atomic E-state index is 0.0154. The molecule has 9 heteroatoms. The van der Waals surface area contributed by atoms with Crippen molar-refractivity contribution in [1.29, 1.82) is 0 Å². The van der Waals surface area contributed by atoms with Crippen LogP contribution in [0.1, 0.15) is 12.8 Å². The number of carbonyl (C=O) groups is 1. The Labute approximate surface area is 194 Å². The van der Waals surface area contributed by atoms with E-state index in [9.17, 15) is 4.79 Å². The predicted molar refractivity (Wildman–Crippen MR) is 129 cm³/mol. The molecule has 2 aromatic heterocycles. The predicted octanol–water partition coefficient (Wildman–Crippen LogP) is 4.55. The number of thiazole rings is 1. The van der Waals surface area contributed by atoms with Gasteiger partial charge in [0.1, 0.15) is 18.2 Å². The molecule has 0 spiro atoms. The van der Waals surface area contributed by atoms with Gasteiger partial charge in [0.05, 0.1) is 28.4 Å². The lowest BCUT2D eigenvalue weighted by Crippen LogP contribution is -2.41. The minimum Gasteiger partial charge on any atom is -0.493 e. The first-order chi connectivity index (χ1) is 16.1. The van der Waals surface area contributed by atoms with E-state index in [0.29, 0.717) is 30.4 Å². The molecule has 1 aliphatic rings. The van der Waals surface area contributed by atoms with Gasteiger partial charge in [0, 0.05) is 43.1 Å². The lowest BCUT2D eigenvalue weighted by Gasteiger charge is -2.31. The van der Waals surface area contributed by atoms with Crippen LogP contribution in [0.25, 0.3) is 21.1 Å². The molecule has 1 amide bonds. The van der Waals surface area contributed by atoms with Gasteiger partial charge < -0.3 is 19.7 Å². The van der Waals surface area contributed by atoms with Crippen molar-refractivity contribution in [1.82, 2.24) is 19.9 Å². The third-order valence-electron chi connectivity index (χ3n) is 5.74. The molecule has 0 radical (unpaired) electrons. The number of nitrogens with zero attached hydrogens (tertiary/aromatic N) is 4. The molecule has 3 heterocycles. The Morgan fingerprint density at radius 3 is 2.79 bits per heavy atom. The van der Waals surface area contributed by atoms with Crippen molar-refractivity contribution in [2.45, 2.75) is 18.9 Å². The molecule has 8 nitrogen and oxygen atoms in total. The molecule has 1 fully saturated rings. The largest absolute Gasteiger partial charge is 0.493 e. The summed E-state index contributed by atoms with van der Waals surface area (Å²) in [6.45, 7) is 4.84. The first-order valence-corrected chi connectivity index (χ1v) is 11.5. The summed E-state index contributed by atoms with van der Waals surface area (Å²) in [7, 11) is 1.61. The van der Waals surface area contributed by atoms with Crippen molar-refractivity contribution in [3.8, 4) is 11.5 Å². The number of benzene rings is 2. The zero-order chi connectivity index (χ0) is 22.8. The molecule has 0 saturated carbocycles. The second-order valence-electron chi connectivity index (χ2n) is 7.75. The molecule has 0 bridgehead atoms. The van der Waals surface area contributed by atoms with Crippen LogP contribution < -0.4 is 14.8 Å². The van der Waals surface area contributed by atoms with Crippen LogP contribution in [0.15, 0.2) is 54.8 Å². The second-order valence-corrected chi connectivity index (χ2v) is 8.64. The Morgan fingerprint density at radius 2 is 2.00 bits per heavy atom. The summed E-state index contributed by atoms with van der Waals surface area (Å²) in [5, 5.41) is 4.21. The summed E-state index contributed by atoms with van der Waals surface area (Å²) < 4.78 is 13.0. The highest BCUT2D eigenvalue weighted by Crippen LogP contribution is 2.36. The van der Waals surface area contributed by atoms with Gasteiger partial charge in [0.25, 0.3) is 0 Å². The fraction of sp³-hybridized carbons (Fsp3) is 0.250. The topological polar surface area (TPSA) is 89.5 Å². The van der Waals surface area contributed by atoms with Crippen molar-refractivity contribution in [3.05, 3.63) is 54.8 Å². The molecule has 0 aliphatic carbocycles. The average molecular weight is 462 g/mol. The van der Waals surface area contributed by atoms with Gasteiger partial charge in [0.2, 0.25) is 5.91 Å². The Morgan fingerprint density at radius 1 is 1.15 bits per heavy atom. The zero-order valence-corrected chi connectivity index (χ0v) is 19.0. The van der Waals surface area contributed by atoms with E-state index in [4.69, 9.17) is 9.47 Å². The minimum atomic E-state index is -0.0413. The first kappa shape index (κ1) is 21.1. The number of anilines is 2. The molecular weight excluding hydrogens is 438 g/mol. The lowest BCUT2D eigenvalue weighted by molar-refractivity contribution is -0.127. The fourth-order valence-electron chi connectivity index (χ4n) is 3.99. The molecule has 1 aliphatic heterocycles. The maximum absolute atomic E-state index is 11.8. The molecule has 1 saturated heterocycles. The molecular formula is C24H23N5O3S. The van der Waals surface area contributed by atoms with E-state index >= 15 is 0 Å². The van der Waals surface area contributed by atoms with Crippen molar-refractivity contribution >= 4 is 49.9 Å². The van der Waals surface area contributed by atoms with Crippen LogP contribution in [0.3, 0.4) is 0 Å². The molecule has 168 valence electrons. The van der Waals surface area contributed by atoms with E-state index in [1.165, 1.54) is 12.4 Å². The van der Waals surface area contributed by atoms with Gasteiger partial charge in [-0.3, -0.25) is 4.79 Å². The van der Waals surface area contributed by atoms with Gasteiger partial charge in [-0.15, -0.1) is 11.3 Å². The van der Waals surface area contributed by atoms with Crippen molar-refractivity contribution in [2.24, 2.45) is 0 Å². The number of nitrogens with one attached hydrogen (secondary N) is 1. The van der Waals surface area contributed by atoms with Gasteiger partial charge in [-0.1, -0.05) is 6.58 Å². The van der Waals surface area contributed by atoms with Crippen molar-refractivity contribution < 1.29 is 14.3 Å². The molecule has 4 aromatic rings. The number of amides is 1. The standard InChI is InChI=1S/C24H23N5O3S/c1-3-23(30)29-8-6-16(7-9-29)32-21-11-17-18(12-20(21)31-2)25-13-26-24(17)28-15-4-5-22-19(10-15)27-14-33-22/h3-5,10-14,16H,1,6-9H2,2H3,(H,25,26,28). The van der Waals surface area contributed by atoms with Crippen molar-refractivity contribution in [2.75, 3.05) is 25.5 Å². The number of piperidine rings is 1. The van der Waals surface area contributed by atoms with E-state index in [2.05, 4.69) is 26.8 Å². The number of carbonyl (C=O) groups excluding carboxylic acids is 1. The van der Waals surface area contributed by atoms with Gasteiger partial charge in [-0.05, 0) is 30.3 Å². The average Bonchev–Trinajstić information content (AvgIpc) is 3.32. The van der Waals surface area contributed by atoms with Gasteiger partial charge in [-0.2, -0.15) is 0 Å². The second kappa shape index (κ2) is 9.03. The van der Waals surface area contributed by atoms with Crippen LogP contribution >= 0.6 is 11.3 Å². The highest BCUT2D eigenvalue weighted by molar-refractivity contribution is 7.16. The summed E-state index contributed by atoms with van der Waals surface area (Å²) in [5.74, 6) is 1.88. The van der Waals surface area contributed by atoms with Gasteiger partial charge >= 0.3 is 0 Å². The quantitative estimate of drug-likeness (QED) is 0.422. The van der Waals surface area contributed by atoms with Crippen LogP contribution in [0.5, 0.6) is 11.5 Å². The molecule has 33 heavy (non-hydrogen) atoms. The maximum Gasteiger partial charge on any atom is 0.245 e. The first-order valence-electron chi connectivity index (χ1n) is 10.7. The monoisotopic (exact) mass is 461 g/mol. The van der Waals surface area contributed by atoms with E-state index in [-0.39, 0.29) is 12.0 Å².